The van der Waals surface area contributed by atoms with Gasteiger partial charge in [-0.25, -0.2) is 0 Å². The highest BCUT2D eigenvalue weighted by Crippen LogP contribution is 2.07. The van der Waals surface area contributed by atoms with Gasteiger partial charge < -0.3 is 0 Å². The molecule has 2 aromatic carbocycles. The van der Waals surface area contributed by atoms with Gasteiger partial charge in [-0.3, -0.25) is 15.6 Å². The van der Waals surface area contributed by atoms with E-state index in [1.165, 1.54) is 11.1 Å². The van der Waals surface area contributed by atoms with Crippen molar-refractivity contribution in [1.82, 2.24) is 5.43 Å². The van der Waals surface area contributed by atoms with Crippen LogP contribution in [0.3, 0.4) is 0 Å². The van der Waals surface area contributed by atoms with Gasteiger partial charge in [0.15, 0.2) is 0 Å². The van der Waals surface area contributed by atoms with Crippen molar-refractivity contribution in [3.05, 3.63) is 65.2 Å². The summed E-state index contributed by atoms with van der Waals surface area (Å²) in [5, 5.41) is 0. The van der Waals surface area contributed by atoms with Crippen LogP contribution in [-0.4, -0.2) is 5.91 Å². The van der Waals surface area contributed by atoms with E-state index in [4.69, 9.17) is 0 Å². The molecule has 2 rings (SSSR count). The SMILES string of the molecule is Cc1ccc(CC(=O)NNc2ccc(C)cc2)cc1. The van der Waals surface area contributed by atoms with Crippen molar-refractivity contribution in [1.29, 1.82) is 0 Å². The lowest BCUT2D eigenvalue weighted by Crippen LogP contribution is -2.30. The maximum Gasteiger partial charge on any atom is 0.242 e. The van der Waals surface area contributed by atoms with Crippen molar-refractivity contribution in [2.75, 3.05) is 5.43 Å². The van der Waals surface area contributed by atoms with E-state index in [2.05, 4.69) is 10.9 Å². The minimum atomic E-state index is -0.0515. The van der Waals surface area contributed by atoms with Crippen LogP contribution in [0.15, 0.2) is 48.5 Å². The number of amides is 1. The summed E-state index contributed by atoms with van der Waals surface area (Å²) >= 11 is 0. The molecule has 0 heterocycles. The van der Waals surface area contributed by atoms with E-state index in [1.807, 2.05) is 62.4 Å². The van der Waals surface area contributed by atoms with E-state index in [-0.39, 0.29) is 5.91 Å². The van der Waals surface area contributed by atoms with Gasteiger partial charge in [-0.15, -0.1) is 0 Å². The van der Waals surface area contributed by atoms with E-state index < -0.39 is 0 Å². The van der Waals surface area contributed by atoms with Gasteiger partial charge in [0, 0.05) is 0 Å². The number of hydrogen-bond acceptors (Lipinski definition) is 2. The number of anilines is 1. The summed E-state index contributed by atoms with van der Waals surface area (Å²) in [5.74, 6) is -0.0515. The fourth-order valence-corrected chi connectivity index (χ4v) is 1.71. The van der Waals surface area contributed by atoms with Crippen molar-refractivity contribution in [3.8, 4) is 0 Å². The minimum absolute atomic E-state index is 0.0515. The summed E-state index contributed by atoms with van der Waals surface area (Å²) in [6, 6.07) is 15.8. The fraction of sp³-hybridized carbons (Fsp3) is 0.188. The summed E-state index contributed by atoms with van der Waals surface area (Å²) in [5.41, 5.74) is 9.87. The topological polar surface area (TPSA) is 41.1 Å². The van der Waals surface area contributed by atoms with Gasteiger partial charge >= 0.3 is 0 Å². The highest BCUT2D eigenvalue weighted by atomic mass is 16.2. The van der Waals surface area contributed by atoms with Crippen LogP contribution in [0.2, 0.25) is 0 Å². The van der Waals surface area contributed by atoms with Gasteiger partial charge in [0.25, 0.3) is 0 Å². The highest BCUT2D eigenvalue weighted by molar-refractivity contribution is 5.79. The first-order valence-corrected chi connectivity index (χ1v) is 6.30. The lowest BCUT2D eigenvalue weighted by molar-refractivity contribution is -0.119. The smallest absolute Gasteiger partial charge is 0.242 e. The maximum atomic E-state index is 11.8. The average molecular weight is 254 g/mol. The Morgan fingerprint density at radius 2 is 1.42 bits per heavy atom. The molecule has 2 N–H and O–H groups in total. The van der Waals surface area contributed by atoms with Gasteiger partial charge in [0.05, 0.1) is 12.1 Å². The van der Waals surface area contributed by atoms with Gasteiger partial charge in [-0.05, 0) is 31.5 Å². The Morgan fingerprint density at radius 3 is 2.00 bits per heavy atom. The molecule has 0 saturated heterocycles. The molecule has 0 aromatic heterocycles. The molecule has 0 aliphatic heterocycles. The highest BCUT2D eigenvalue weighted by Gasteiger charge is 2.02. The predicted molar refractivity (Wildman–Crippen MR) is 77.8 cm³/mol. The first-order valence-electron chi connectivity index (χ1n) is 6.30. The molecular weight excluding hydrogens is 236 g/mol. The zero-order valence-corrected chi connectivity index (χ0v) is 11.2. The Bertz CT molecular complexity index is 544. The standard InChI is InChI=1S/C16H18N2O/c1-12-3-7-14(8-4-12)11-16(19)18-17-15-9-5-13(2)6-10-15/h3-10,17H,11H2,1-2H3,(H,18,19). The number of benzene rings is 2. The summed E-state index contributed by atoms with van der Waals surface area (Å²) in [6.07, 6.45) is 0.374. The predicted octanol–water partition coefficient (Wildman–Crippen LogP) is 2.99. The third kappa shape index (κ3) is 4.14. The largest absolute Gasteiger partial charge is 0.299 e. The molecule has 0 spiro atoms. The average Bonchev–Trinajstić information content (AvgIpc) is 2.41. The van der Waals surface area contributed by atoms with Gasteiger partial charge in [0.1, 0.15) is 0 Å². The molecule has 0 aliphatic rings. The first kappa shape index (κ1) is 13.1. The number of hydrazine groups is 1. The number of hydrogen-bond donors (Lipinski definition) is 2. The number of carbonyl (C=O) groups excluding carboxylic acids is 1. The number of rotatable bonds is 4. The Kier molecular flexibility index (Phi) is 4.18. The van der Waals surface area contributed by atoms with Crippen molar-refractivity contribution in [2.24, 2.45) is 0 Å². The molecule has 19 heavy (non-hydrogen) atoms. The lowest BCUT2D eigenvalue weighted by atomic mass is 10.1. The van der Waals surface area contributed by atoms with Crippen LogP contribution < -0.4 is 10.9 Å². The van der Waals surface area contributed by atoms with Crippen LogP contribution >= 0.6 is 0 Å². The second kappa shape index (κ2) is 6.05. The molecule has 0 aliphatic carbocycles. The van der Waals surface area contributed by atoms with E-state index in [0.29, 0.717) is 6.42 Å². The molecule has 0 unspecified atom stereocenters. The fourth-order valence-electron chi connectivity index (χ4n) is 1.71. The molecule has 0 radical (unpaired) electrons. The molecule has 3 heteroatoms. The van der Waals surface area contributed by atoms with Crippen molar-refractivity contribution < 1.29 is 4.79 Å². The van der Waals surface area contributed by atoms with Gasteiger partial charge in [0.2, 0.25) is 5.91 Å². The Hall–Kier alpha value is -2.29. The van der Waals surface area contributed by atoms with Gasteiger partial charge in [-0.2, -0.15) is 0 Å². The van der Waals surface area contributed by atoms with Crippen LogP contribution in [0.25, 0.3) is 0 Å². The quantitative estimate of drug-likeness (QED) is 0.824. The molecule has 0 fully saturated rings. The van der Waals surface area contributed by atoms with Crippen LogP contribution in [0.1, 0.15) is 16.7 Å². The zero-order valence-electron chi connectivity index (χ0n) is 11.2. The molecule has 2 aromatic rings. The summed E-state index contributed by atoms with van der Waals surface area (Å²) in [6.45, 7) is 4.06. The van der Waals surface area contributed by atoms with Crippen molar-refractivity contribution in [3.63, 3.8) is 0 Å². The van der Waals surface area contributed by atoms with E-state index >= 15 is 0 Å². The summed E-state index contributed by atoms with van der Waals surface area (Å²) < 4.78 is 0. The van der Waals surface area contributed by atoms with Crippen LogP contribution in [0.4, 0.5) is 5.69 Å². The summed E-state index contributed by atoms with van der Waals surface area (Å²) in [7, 11) is 0. The number of aryl methyl sites for hydroxylation is 2. The third-order valence-corrected chi connectivity index (χ3v) is 2.88. The molecule has 0 bridgehead atoms. The van der Waals surface area contributed by atoms with Crippen molar-refractivity contribution in [2.45, 2.75) is 20.3 Å². The first-order chi connectivity index (χ1) is 9.13. The van der Waals surface area contributed by atoms with Crippen molar-refractivity contribution >= 4 is 11.6 Å². The zero-order chi connectivity index (χ0) is 13.7. The number of nitrogens with one attached hydrogen (secondary N) is 2. The van der Waals surface area contributed by atoms with Gasteiger partial charge in [-0.1, -0.05) is 47.5 Å². The van der Waals surface area contributed by atoms with Crippen LogP contribution in [0, 0.1) is 13.8 Å². The monoisotopic (exact) mass is 254 g/mol. The Morgan fingerprint density at radius 1 is 0.895 bits per heavy atom. The Labute approximate surface area is 113 Å². The normalized spacial score (nSPS) is 10.0. The number of carbonyl (C=O) groups is 1. The molecule has 0 atom stereocenters. The van der Waals surface area contributed by atoms with Crippen LogP contribution in [0.5, 0.6) is 0 Å². The second-order valence-corrected chi connectivity index (χ2v) is 4.70. The minimum Gasteiger partial charge on any atom is -0.299 e. The van der Waals surface area contributed by atoms with Crippen LogP contribution in [-0.2, 0) is 11.2 Å². The Balaban J connectivity index is 1.84. The molecule has 3 nitrogen and oxygen atoms in total. The van der Waals surface area contributed by atoms with E-state index in [0.717, 1.165) is 11.3 Å². The third-order valence-electron chi connectivity index (χ3n) is 2.88. The van der Waals surface area contributed by atoms with E-state index in [9.17, 15) is 4.79 Å². The molecule has 0 saturated carbocycles. The maximum absolute atomic E-state index is 11.8. The lowest BCUT2D eigenvalue weighted by Gasteiger charge is -2.09. The molecule has 1 amide bonds. The molecular formula is C16H18N2O. The van der Waals surface area contributed by atoms with E-state index in [1.54, 1.807) is 0 Å². The second-order valence-electron chi connectivity index (χ2n) is 4.70. The molecule has 98 valence electrons. The summed E-state index contributed by atoms with van der Waals surface area (Å²) in [4.78, 5) is 11.8.